The molecule has 2 heteroatoms. The Kier molecular flexibility index (Phi) is 43.6. The summed E-state index contributed by atoms with van der Waals surface area (Å²) in [7, 11) is 0. The van der Waals surface area contributed by atoms with Gasteiger partial charge in [0.1, 0.15) is 0 Å². The molecule has 0 saturated carbocycles. The van der Waals surface area contributed by atoms with E-state index >= 15 is 0 Å². The highest BCUT2D eigenvalue weighted by Crippen LogP contribution is 2.15. The van der Waals surface area contributed by atoms with Gasteiger partial charge in [0.05, 0.1) is 0 Å². The summed E-state index contributed by atoms with van der Waals surface area (Å²) in [5.41, 5.74) is 0. The molecule has 0 radical (unpaired) electrons. The minimum atomic E-state index is 0.373. The van der Waals surface area contributed by atoms with Crippen molar-refractivity contribution in [2.24, 2.45) is 0 Å². The van der Waals surface area contributed by atoms with Crippen molar-refractivity contribution in [3.8, 4) is 0 Å². The molecule has 0 aliphatic rings. The van der Waals surface area contributed by atoms with Crippen LogP contribution in [0.4, 0.5) is 0 Å². The maximum absolute atomic E-state index is 8.67. The summed E-state index contributed by atoms with van der Waals surface area (Å²) in [4.78, 5) is 0. The molecule has 0 rings (SSSR count). The van der Waals surface area contributed by atoms with Crippen molar-refractivity contribution in [2.45, 2.75) is 219 Å². The van der Waals surface area contributed by atoms with Gasteiger partial charge in [0, 0.05) is 13.2 Å². The summed E-state index contributed by atoms with van der Waals surface area (Å²) in [6.07, 6.45) is 44.3. The van der Waals surface area contributed by atoms with Gasteiger partial charge < -0.3 is 10.2 Å². The minimum absolute atomic E-state index is 0.373. The van der Waals surface area contributed by atoms with Gasteiger partial charge in [-0.3, -0.25) is 0 Å². The van der Waals surface area contributed by atoms with Crippen LogP contribution in [0.25, 0.3) is 0 Å². The van der Waals surface area contributed by atoms with Crippen molar-refractivity contribution >= 4 is 0 Å². The third-order valence-electron chi connectivity index (χ3n) is 8.02. The van der Waals surface area contributed by atoms with Gasteiger partial charge in [0.25, 0.3) is 0 Å². The van der Waals surface area contributed by atoms with Crippen LogP contribution in [0.1, 0.15) is 219 Å². The first-order chi connectivity index (χ1) is 18.8. The zero-order chi connectivity index (χ0) is 28.0. The molecule has 0 aromatic carbocycles. The van der Waals surface area contributed by atoms with E-state index in [0.29, 0.717) is 13.2 Å². The fourth-order valence-electron chi connectivity index (χ4n) is 5.32. The van der Waals surface area contributed by atoms with Crippen LogP contribution < -0.4 is 0 Å². The van der Waals surface area contributed by atoms with E-state index in [1.165, 1.54) is 193 Å². The average Bonchev–Trinajstić information content (AvgIpc) is 2.93. The molecular weight excluding hydrogens is 464 g/mol. The topological polar surface area (TPSA) is 40.5 Å². The second kappa shape index (κ2) is 41.4. The minimum Gasteiger partial charge on any atom is -0.396 e. The number of hydrogen-bond acceptors (Lipinski definition) is 2. The van der Waals surface area contributed by atoms with Crippen LogP contribution >= 0.6 is 0 Å². The number of unbranched alkanes of at least 4 members (excludes halogenated alkanes) is 30. The van der Waals surface area contributed by atoms with E-state index in [-0.39, 0.29) is 0 Å². The van der Waals surface area contributed by atoms with Gasteiger partial charge in [-0.05, 0) is 12.8 Å². The standard InChI is InChI=1S/2C18H38O/c2*1-2-3-4-5-6-7-8-9-10-11-12-13-14-15-16-17-18-19/h2*19H,2-18H2,1H3. The van der Waals surface area contributed by atoms with Crippen LogP contribution in [0, 0.1) is 0 Å². The molecule has 0 atom stereocenters. The second-order valence-electron chi connectivity index (χ2n) is 12.1. The fourth-order valence-corrected chi connectivity index (χ4v) is 5.32. The Balaban J connectivity index is 0. The molecular formula is C36H76O2. The molecule has 0 unspecified atom stereocenters. The molecule has 0 aromatic rings. The lowest BCUT2D eigenvalue weighted by Crippen LogP contribution is -1.85. The van der Waals surface area contributed by atoms with Gasteiger partial charge >= 0.3 is 0 Å². The SMILES string of the molecule is CCCCCCCCCCCCCCCCCCO.CCCCCCCCCCCCCCCCCCO. The third-order valence-corrected chi connectivity index (χ3v) is 8.02. The van der Waals surface area contributed by atoms with Crippen molar-refractivity contribution in [1.29, 1.82) is 0 Å². The summed E-state index contributed by atoms with van der Waals surface area (Å²) >= 11 is 0. The fraction of sp³-hybridized carbons (Fsp3) is 1.00. The van der Waals surface area contributed by atoms with Crippen LogP contribution in [-0.2, 0) is 0 Å². The van der Waals surface area contributed by atoms with Crippen molar-refractivity contribution in [2.75, 3.05) is 13.2 Å². The van der Waals surface area contributed by atoms with Gasteiger partial charge in [0.2, 0.25) is 0 Å². The molecule has 0 fully saturated rings. The quantitative estimate of drug-likeness (QED) is 0.0833. The van der Waals surface area contributed by atoms with Crippen LogP contribution in [0.5, 0.6) is 0 Å². The smallest absolute Gasteiger partial charge is 0.0431 e. The Bertz CT molecular complexity index is 291. The predicted octanol–water partition coefficient (Wildman–Crippen LogP) is 12.5. The second-order valence-corrected chi connectivity index (χ2v) is 12.1. The highest BCUT2D eigenvalue weighted by Gasteiger charge is 1.95. The van der Waals surface area contributed by atoms with E-state index in [1.807, 2.05) is 0 Å². The molecule has 0 spiro atoms. The van der Waals surface area contributed by atoms with Crippen LogP contribution in [-0.4, -0.2) is 23.4 Å². The summed E-state index contributed by atoms with van der Waals surface area (Å²) < 4.78 is 0. The molecule has 2 N–H and O–H groups in total. The normalized spacial score (nSPS) is 11.1. The molecule has 0 saturated heterocycles. The Morgan fingerprint density at radius 1 is 0.211 bits per heavy atom. The first-order valence-electron chi connectivity index (χ1n) is 18.0. The first-order valence-corrected chi connectivity index (χ1v) is 18.0. The Labute approximate surface area is 242 Å². The van der Waals surface area contributed by atoms with Gasteiger partial charge in [0.15, 0.2) is 0 Å². The molecule has 0 bridgehead atoms. The van der Waals surface area contributed by atoms with E-state index in [2.05, 4.69) is 13.8 Å². The van der Waals surface area contributed by atoms with Crippen molar-refractivity contribution in [1.82, 2.24) is 0 Å². The van der Waals surface area contributed by atoms with Crippen molar-refractivity contribution in [3.63, 3.8) is 0 Å². The summed E-state index contributed by atoms with van der Waals surface area (Å²) in [5.74, 6) is 0. The van der Waals surface area contributed by atoms with E-state index in [4.69, 9.17) is 10.2 Å². The molecule has 2 nitrogen and oxygen atoms in total. The first kappa shape index (κ1) is 40.1. The molecule has 0 amide bonds. The summed E-state index contributed by atoms with van der Waals surface area (Å²) in [6.45, 7) is 5.32. The maximum Gasteiger partial charge on any atom is 0.0431 e. The zero-order valence-electron chi connectivity index (χ0n) is 26.9. The number of hydrogen-bond donors (Lipinski definition) is 2. The number of aliphatic hydroxyl groups excluding tert-OH is 2. The Morgan fingerprint density at radius 2 is 0.342 bits per heavy atom. The van der Waals surface area contributed by atoms with Crippen molar-refractivity contribution < 1.29 is 10.2 Å². The van der Waals surface area contributed by atoms with Gasteiger partial charge in [-0.1, -0.05) is 206 Å². The highest BCUT2D eigenvalue weighted by molar-refractivity contribution is 4.51. The van der Waals surface area contributed by atoms with Crippen LogP contribution in [0.2, 0.25) is 0 Å². The van der Waals surface area contributed by atoms with E-state index in [0.717, 1.165) is 12.8 Å². The Morgan fingerprint density at radius 3 is 0.474 bits per heavy atom. The van der Waals surface area contributed by atoms with Crippen LogP contribution in [0.15, 0.2) is 0 Å². The molecule has 0 heterocycles. The number of aliphatic hydroxyl groups is 2. The largest absolute Gasteiger partial charge is 0.396 e. The number of rotatable bonds is 32. The van der Waals surface area contributed by atoms with Gasteiger partial charge in [-0.25, -0.2) is 0 Å². The molecule has 38 heavy (non-hydrogen) atoms. The monoisotopic (exact) mass is 541 g/mol. The van der Waals surface area contributed by atoms with Gasteiger partial charge in [-0.2, -0.15) is 0 Å². The zero-order valence-corrected chi connectivity index (χ0v) is 26.9. The van der Waals surface area contributed by atoms with Gasteiger partial charge in [-0.15, -0.1) is 0 Å². The van der Waals surface area contributed by atoms with E-state index in [9.17, 15) is 0 Å². The highest BCUT2D eigenvalue weighted by atomic mass is 16.3. The maximum atomic E-state index is 8.67. The van der Waals surface area contributed by atoms with E-state index in [1.54, 1.807) is 0 Å². The van der Waals surface area contributed by atoms with Crippen molar-refractivity contribution in [3.05, 3.63) is 0 Å². The summed E-state index contributed by atoms with van der Waals surface area (Å²) in [5, 5.41) is 17.3. The third kappa shape index (κ3) is 43.0. The van der Waals surface area contributed by atoms with Crippen LogP contribution in [0.3, 0.4) is 0 Å². The lowest BCUT2D eigenvalue weighted by Gasteiger charge is -2.03. The molecule has 0 aliphatic carbocycles. The Hall–Kier alpha value is -0.0800. The summed E-state index contributed by atoms with van der Waals surface area (Å²) in [6, 6.07) is 0. The van der Waals surface area contributed by atoms with E-state index < -0.39 is 0 Å². The lowest BCUT2D eigenvalue weighted by atomic mass is 10.0. The predicted molar refractivity (Wildman–Crippen MR) is 173 cm³/mol. The lowest BCUT2D eigenvalue weighted by molar-refractivity contribution is 0.282. The average molecular weight is 541 g/mol. The molecule has 0 aromatic heterocycles. The molecule has 0 aliphatic heterocycles. The molecule has 232 valence electrons.